The number of hydrogen-bond donors (Lipinski definition) is 2. The number of ether oxygens (including phenoxy) is 1. The van der Waals surface area contributed by atoms with Crippen molar-refractivity contribution in [2.75, 3.05) is 0 Å². The summed E-state index contributed by atoms with van der Waals surface area (Å²) in [6.45, 7) is 5.34. The number of nitrogens with one attached hydrogen (secondary N) is 1. The maximum atomic E-state index is 12.3. The Hall–Kier alpha value is -2.00. The Morgan fingerprint density at radius 3 is 2.50 bits per heavy atom. The molecule has 0 aliphatic carbocycles. The molecule has 1 aromatic carbocycles. The van der Waals surface area contributed by atoms with Crippen molar-refractivity contribution in [1.29, 1.82) is 0 Å². The van der Waals surface area contributed by atoms with Gasteiger partial charge in [0.05, 0.1) is 4.90 Å². The molecule has 2 N–H and O–H groups in total. The van der Waals surface area contributed by atoms with Crippen LogP contribution in [0, 0.1) is 0 Å². The molecule has 0 bridgehead atoms. The number of rotatable bonds is 4. The van der Waals surface area contributed by atoms with E-state index >= 15 is 0 Å². The van der Waals surface area contributed by atoms with E-state index in [1.807, 2.05) is 17.5 Å². The highest BCUT2D eigenvalue weighted by Crippen LogP contribution is 2.24. The third-order valence-electron chi connectivity index (χ3n) is 3.39. The van der Waals surface area contributed by atoms with Crippen LogP contribution in [0.4, 0.5) is 0 Å². The first-order chi connectivity index (χ1) is 12.1. The van der Waals surface area contributed by atoms with Crippen molar-refractivity contribution >= 4 is 33.3 Å². The molecule has 1 atom stereocenters. The topological polar surface area (TPSA) is 88.0 Å². The van der Waals surface area contributed by atoms with Crippen LogP contribution in [0.1, 0.15) is 31.2 Å². The van der Waals surface area contributed by atoms with Crippen LogP contribution in [0.15, 0.2) is 57.4 Å². The van der Waals surface area contributed by atoms with E-state index in [0.29, 0.717) is 11.3 Å². The van der Waals surface area contributed by atoms with Gasteiger partial charge < -0.3 is 9.84 Å². The van der Waals surface area contributed by atoms with E-state index in [2.05, 4.69) is 9.71 Å². The van der Waals surface area contributed by atoms with Gasteiger partial charge in [-0.15, -0.1) is 11.3 Å². The Bertz CT molecular complexity index is 938. The van der Waals surface area contributed by atoms with E-state index in [1.54, 1.807) is 39.0 Å². The predicted octanol–water partition coefficient (Wildman–Crippen LogP) is 2.96. The lowest BCUT2D eigenvalue weighted by Crippen LogP contribution is -2.40. The summed E-state index contributed by atoms with van der Waals surface area (Å²) in [4.78, 5) is 5.43. The van der Waals surface area contributed by atoms with Crippen LogP contribution in [-0.4, -0.2) is 31.3 Å². The molecule has 8 heteroatoms. The molecular weight excluding hydrogens is 372 g/mol. The summed E-state index contributed by atoms with van der Waals surface area (Å²) in [7, 11) is -3.60. The third-order valence-corrected chi connectivity index (χ3v) is 5.99. The van der Waals surface area contributed by atoms with E-state index in [9.17, 15) is 13.5 Å². The van der Waals surface area contributed by atoms with Crippen LogP contribution in [0.3, 0.4) is 0 Å². The van der Waals surface area contributed by atoms with Crippen LogP contribution in [0.25, 0.3) is 6.08 Å². The highest BCUT2D eigenvalue weighted by molar-refractivity contribution is 7.89. The second-order valence-electron chi connectivity index (χ2n) is 6.85. The van der Waals surface area contributed by atoms with Gasteiger partial charge in [-0.3, -0.25) is 0 Å². The van der Waals surface area contributed by atoms with Crippen molar-refractivity contribution in [3.05, 3.63) is 57.9 Å². The largest absolute Gasteiger partial charge is 0.441 e. The van der Waals surface area contributed by atoms with E-state index < -0.39 is 21.9 Å². The van der Waals surface area contributed by atoms with E-state index in [-0.39, 0.29) is 10.8 Å². The third kappa shape index (κ3) is 4.39. The van der Waals surface area contributed by atoms with Crippen LogP contribution in [-0.2, 0) is 14.8 Å². The summed E-state index contributed by atoms with van der Waals surface area (Å²) in [6.07, 6.45) is 0.618. The van der Waals surface area contributed by atoms with Gasteiger partial charge in [0, 0.05) is 16.0 Å². The molecular formula is C18H20N2O4S2. The molecule has 2 heterocycles. The lowest BCUT2D eigenvalue weighted by atomic mass is 10.1. The number of benzene rings is 1. The first-order valence-electron chi connectivity index (χ1n) is 7.97. The Balaban J connectivity index is 1.83. The minimum atomic E-state index is -3.60. The van der Waals surface area contributed by atoms with Gasteiger partial charge in [-0.05, 0) is 62.6 Å². The minimum absolute atomic E-state index is 0.157. The zero-order chi connectivity index (χ0) is 18.9. The molecule has 6 nitrogen and oxygen atoms in total. The molecule has 1 aliphatic rings. The molecule has 3 rings (SSSR count). The number of sulfonamides is 1. The molecule has 0 spiro atoms. The Morgan fingerprint density at radius 1 is 1.23 bits per heavy atom. The fourth-order valence-corrected chi connectivity index (χ4v) is 4.44. The molecule has 0 saturated carbocycles. The van der Waals surface area contributed by atoms with E-state index in [1.165, 1.54) is 23.5 Å². The van der Waals surface area contributed by atoms with Gasteiger partial charge in [0.2, 0.25) is 22.2 Å². The van der Waals surface area contributed by atoms with Crippen LogP contribution < -0.4 is 4.72 Å². The first-order valence-corrected chi connectivity index (χ1v) is 10.3. The fourth-order valence-electron chi connectivity index (χ4n) is 2.36. The molecule has 0 fully saturated rings. The van der Waals surface area contributed by atoms with Crippen LogP contribution in [0.2, 0.25) is 0 Å². The molecule has 0 saturated heterocycles. The number of aliphatic hydroxyl groups is 1. The van der Waals surface area contributed by atoms with Gasteiger partial charge in [0.15, 0.2) is 0 Å². The van der Waals surface area contributed by atoms with Gasteiger partial charge in [-0.1, -0.05) is 6.07 Å². The molecule has 138 valence electrons. The minimum Gasteiger partial charge on any atom is -0.441 e. The first kappa shape index (κ1) is 18.8. The average molecular weight is 393 g/mol. The van der Waals surface area contributed by atoms with Crippen molar-refractivity contribution in [2.45, 2.75) is 37.5 Å². The summed E-state index contributed by atoms with van der Waals surface area (Å²) in [5.74, 6) is 0.257. The zero-order valence-corrected chi connectivity index (χ0v) is 16.3. The number of aliphatic hydroxyl groups excluding tert-OH is 1. The number of hydrogen-bond acceptors (Lipinski definition) is 6. The predicted molar refractivity (Wildman–Crippen MR) is 102 cm³/mol. The van der Waals surface area contributed by atoms with Crippen molar-refractivity contribution in [1.82, 2.24) is 4.72 Å². The summed E-state index contributed by atoms with van der Waals surface area (Å²) in [5, 5.41) is 12.0. The molecule has 26 heavy (non-hydrogen) atoms. The molecule has 0 radical (unpaired) electrons. The molecule has 1 aromatic heterocycles. The van der Waals surface area contributed by atoms with Gasteiger partial charge >= 0.3 is 0 Å². The molecule has 1 aliphatic heterocycles. The van der Waals surface area contributed by atoms with Gasteiger partial charge in [-0.2, -0.15) is 0 Å². The normalized spacial score (nSPS) is 19.5. The van der Waals surface area contributed by atoms with Gasteiger partial charge in [0.25, 0.3) is 0 Å². The van der Waals surface area contributed by atoms with Crippen molar-refractivity contribution in [3.63, 3.8) is 0 Å². The number of aliphatic imine (C=N–C) groups is 1. The monoisotopic (exact) mass is 392 g/mol. The second-order valence-corrected chi connectivity index (χ2v) is 9.51. The Labute approximate surface area is 156 Å². The summed E-state index contributed by atoms with van der Waals surface area (Å²) >= 11 is 1.53. The highest BCUT2D eigenvalue weighted by atomic mass is 32.2. The number of nitrogens with zero attached hydrogens (tertiary/aromatic N) is 1. The maximum absolute atomic E-state index is 12.3. The molecule has 0 amide bonds. The highest BCUT2D eigenvalue weighted by Gasteiger charge is 2.26. The molecule has 2 aromatic rings. The lowest BCUT2D eigenvalue weighted by molar-refractivity contribution is 0.0178. The maximum Gasteiger partial charge on any atom is 0.243 e. The quantitative estimate of drug-likeness (QED) is 0.837. The van der Waals surface area contributed by atoms with E-state index in [0.717, 1.165) is 4.88 Å². The van der Waals surface area contributed by atoms with Gasteiger partial charge in [0.1, 0.15) is 5.70 Å². The van der Waals surface area contributed by atoms with Crippen molar-refractivity contribution in [3.8, 4) is 0 Å². The SMILES string of the molecule is CC(C)(C)NS(=O)(=O)c1ccc(C2=N/C(=C/c3cccs3)C(O)O2)cc1. The zero-order valence-electron chi connectivity index (χ0n) is 14.6. The summed E-state index contributed by atoms with van der Waals surface area (Å²) < 4.78 is 32.7. The Morgan fingerprint density at radius 2 is 1.92 bits per heavy atom. The fraction of sp³-hybridized carbons (Fsp3) is 0.278. The standard InChI is InChI=1S/C18H20N2O4S2/c1-18(2,3)20-26(22,23)14-8-6-12(7-9-14)16-19-15(17(21)24-16)11-13-5-4-10-25-13/h4-11,17,20-21H,1-3H3/b15-11+. The van der Waals surface area contributed by atoms with Crippen molar-refractivity contribution in [2.24, 2.45) is 4.99 Å². The number of thiophene rings is 1. The Kier molecular flexibility index (Phi) is 5.03. The molecule has 1 unspecified atom stereocenters. The summed E-state index contributed by atoms with van der Waals surface area (Å²) in [5.41, 5.74) is 0.434. The average Bonchev–Trinajstić information content (AvgIpc) is 3.16. The van der Waals surface area contributed by atoms with Crippen molar-refractivity contribution < 1.29 is 18.3 Å². The lowest BCUT2D eigenvalue weighted by Gasteiger charge is -2.20. The van der Waals surface area contributed by atoms with Crippen LogP contribution in [0.5, 0.6) is 0 Å². The van der Waals surface area contributed by atoms with Gasteiger partial charge in [-0.25, -0.2) is 18.1 Å². The second kappa shape index (κ2) is 6.96. The van der Waals surface area contributed by atoms with Crippen LogP contribution >= 0.6 is 11.3 Å². The van der Waals surface area contributed by atoms with E-state index in [4.69, 9.17) is 4.74 Å². The summed E-state index contributed by atoms with van der Waals surface area (Å²) in [6, 6.07) is 10.0. The smallest absolute Gasteiger partial charge is 0.243 e.